The van der Waals surface area contributed by atoms with E-state index >= 15 is 0 Å². The number of hydrogen-bond donors (Lipinski definition) is 0. The first-order valence-corrected chi connectivity index (χ1v) is 5.62. The predicted octanol–water partition coefficient (Wildman–Crippen LogP) is 1.99. The third-order valence-corrected chi connectivity index (χ3v) is 2.88. The highest BCUT2D eigenvalue weighted by Gasteiger charge is 2.27. The molecule has 0 N–H and O–H groups in total. The number of rotatable bonds is 1. The lowest BCUT2D eigenvalue weighted by molar-refractivity contribution is -0.142. The predicted molar refractivity (Wildman–Crippen MR) is 62.0 cm³/mol. The fourth-order valence-corrected chi connectivity index (χ4v) is 2.06. The lowest BCUT2D eigenvalue weighted by Gasteiger charge is -2.36. The van der Waals surface area contributed by atoms with Crippen LogP contribution in [0.25, 0.3) is 0 Å². The Balaban J connectivity index is 2.14. The van der Waals surface area contributed by atoms with Crippen molar-refractivity contribution < 1.29 is 9.53 Å². The monoisotopic (exact) mass is 219 g/mol. The fourth-order valence-electron chi connectivity index (χ4n) is 2.06. The topological polar surface area (TPSA) is 29.5 Å². The Morgan fingerprint density at radius 2 is 2.00 bits per heavy atom. The van der Waals surface area contributed by atoms with E-state index in [1.54, 1.807) is 6.92 Å². The van der Waals surface area contributed by atoms with E-state index in [0.717, 1.165) is 5.56 Å². The number of hydrogen-bond acceptors (Lipinski definition) is 2. The van der Waals surface area contributed by atoms with Crippen LogP contribution in [0.2, 0.25) is 0 Å². The maximum absolute atomic E-state index is 11.4. The van der Waals surface area contributed by atoms with Crippen molar-refractivity contribution in [3.63, 3.8) is 0 Å². The summed E-state index contributed by atoms with van der Waals surface area (Å²) in [7, 11) is 0. The molecule has 0 radical (unpaired) electrons. The van der Waals surface area contributed by atoms with Gasteiger partial charge in [0, 0.05) is 13.5 Å². The number of amides is 1. The molecule has 0 aliphatic carbocycles. The summed E-state index contributed by atoms with van der Waals surface area (Å²) in [5, 5.41) is 0. The second-order valence-corrected chi connectivity index (χ2v) is 4.27. The molecule has 1 aliphatic rings. The van der Waals surface area contributed by atoms with E-state index in [1.165, 1.54) is 0 Å². The summed E-state index contributed by atoms with van der Waals surface area (Å²) in [5.41, 5.74) is 1.14. The Morgan fingerprint density at radius 3 is 2.62 bits per heavy atom. The zero-order valence-corrected chi connectivity index (χ0v) is 9.72. The van der Waals surface area contributed by atoms with Crippen molar-refractivity contribution >= 4 is 5.91 Å². The Kier molecular flexibility index (Phi) is 3.25. The summed E-state index contributed by atoms with van der Waals surface area (Å²) in [6.07, 6.45) is 0.108. The number of carbonyl (C=O) groups excluding carboxylic acids is 1. The second kappa shape index (κ2) is 4.66. The van der Waals surface area contributed by atoms with Gasteiger partial charge in [-0.1, -0.05) is 30.3 Å². The Hall–Kier alpha value is -1.35. The highest BCUT2D eigenvalue weighted by Crippen LogP contribution is 2.24. The molecule has 0 bridgehead atoms. The first kappa shape index (κ1) is 11.1. The molecule has 1 aromatic rings. The van der Waals surface area contributed by atoms with E-state index < -0.39 is 0 Å². The van der Waals surface area contributed by atoms with Crippen molar-refractivity contribution in [3.8, 4) is 0 Å². The normalized spacial score (nSPS) is 25.5. The number of benzene rings is 1. The van der Waals surface area contributed by atoms with Crippen LogP contribution in [-0.2, 0) is 9.53 Å². The van der Waals surface area contributed by atoms with Crippen molar-refractivity contribution in [2.24, 2.45) is 0 Å². The van der Waals surface area contributed by atoms with Gasteiger partial charge < -0.3 is 9.64 Å². The largest absolute Gasteiger partial charge is 0.367 e. The van der Waals surface area contributed by atoms with Crippen LogP contribution in [0, 0.1) is 0 Å². The van der Waals surface area contributed by atoms with Gasteiger partial charge in [-0.2, -0.15) is 0 Å². The van der Waals surface area contributed by atoms with Crippen LogP contribution in [0.3, 0.4) is 0 Å². The summed E-state index contributed by atoms with van der Waals surface area (Å²) >= 11 is 0. The highest BCUT2D eigenvalue weighted by atomic mass is 16.5. The van der Waals surface area contributed by atoms with Crippen LogP contribution in [0.4, 0.5) is 0 Å². The van der Waals surface area contributed by atoms with Gasteiger partial charge in [-0.05, 0) is 12.5 Å². The van der Waals surface area contributed by atoms with Crippen LogP contribution < -0.4 is 0 Å². The van der Waals surface area contributed by atoms with E-state index in [9.17, 15) is 4.79 Å². The van der Waals surface area contributed by atoms with Crippen molar-refractivity contribution in [2.45, 2.75) is 26.1 Å². The summed E-state index contributed by atoms with van der Waals surface area (Å²) in [5.74, 6) is 0.121. The molecular formula is C13H17NO2. The number of morpholine rings is 1. The molecule has 86 valence electrons. The first-order chi connectivity index (χ1) is 7.66. The number of carbonyl (C=O) groups is 1. The smallest absolute Gasteiger partial charge is 0.219 e. The Labute approximate surface area is 96.0 Å². The molecule has 2 rings (SSSR count). The molecule has 1 amide bonds. The third kappa shape index (κ3) is 2.42. The van der Waals surface area contributed by atoms with Crippen LogP contribution in [0.15, 0.2) is 30.3 Å². The number of nitrogens with zero attached hydrogens (tertiary/aromatic N) is 1. The van der Waals surface area contributed by atoms with E-state index in [2.05, 4.69) is 0 Å². The summed E-state index contributed by atoms with van der Waals surface area (Å²) in [6.45, 7) is 4.97. The van der Waals surface area contributed by atoms with E-state index in [0.29, 0.717) is 13.1 Å². The summed E-state index contributed by atoms with van der Waals surface area (Å²) in [6, 6.07) is 10.1. The molecule has 1 heterocycles. The minimum atomic E-state index is 0.00819. The van der Waals surface area contributed by atoms with Gasteiger partial charge >= 0.3 is 0 Å². The molecule has 1 fully saturated rings. The average Bonchev–Trinajstić information content (AvgIpc) is 2.29. The number of ether oxygens (including phenoxy) is 1. The van der Waals surface area contributed by atoms with Gasteiger partial charge in [0.2, 0.25) is 5.91 Å². The van der Waals surface area contributed by atoms with Crippen molar-refractivity contribution in [1.82, 2.24) is 4.90 Å². The first-order valence-electron chi connectivity index (χ1n) is 5.62. The molecule has 0 saturated carbocycles. The molecule has 1 saturated heterocycles. The molecule has 2 atom stereocenters. The van der Waals surface area contributed by atoms with Crippen LogP contribution in [0.5, 0.6) is 0 Å². The zero-order valence-electron chi connectivity index (χ0n) is 9.72. The molecule has 1 aliphatic heterocycles. The Morgan fingerprint density at radius 1 is 1.31 bits per heavy atom. The van der Waals surface area contributed by atoms with E-state index in [-0.39, 0.29) is 18.1 Å². The van der Waals surface area contributed by atoms with Crippen LogP contribution >= 0.6 is 0 Å². The van der Waals surface area contributed by atoms with Crippen LogP contribution in [0.1, 0.15) is 25.5 Å². The summed E-state index contributed by atoms with van der Waals surface area (Å²) < 4.78 is 5.86. The van der Waals surface area contributed by atoms with Gasteiger partial charge in [-0.25, -0.2) is 0 Å². The van der Waals surface area contributed by atoms with Gasteiger partial charge in [-0.15, -0.1) is 0 Å². The molecular weight excluding hydrogens is 202 g/mol. The maximum Gasteiger partial charge on any atom is 0.219 e. The van der Waals surface area contributed by atoms with Gasteiger partial charge in [-0.3, -0.25) is 4.79 Å². The Bertz CT molecular complexity index is 363. The van der Waals surface area contributed by atoms with Crippen molar-refractivity contribution in [3.05, 3.63) is 35.9 Å². The molecule has 0 unspecified atom stereocenters. The zero-order chi connectivity index (χ0) is 11.5. The molecule has 3 heteroatoms. The lowest BCUT2D eigenvalue weighted by atomic mass is 10.1. The lowest BCUT2D eigenvalue weighted by Crippen LogP contribution is -2.45. The van der Waals surface area contributed by atoms with Crippen LogP contribution in [-0.4, -0.2) is 30.0 Å². The minimum absolute atomic E-state index is 0.00819. The molecule has 3 nitrogen and oxygen atoms in total. The summed E-state index contributed by atoms with van der Waals surface area (Å²) in [4.78, 5) is 13.2. The quantitative estimate of drug-likeness (QED) is 0.723. The molecule has 0 spiro atoms. The van der Waals surface area contributed by atoms with Crippen molar-refractivity contribution in [1.29, 1.82) is 0 Å². The fraction of sp³-hybridized carbons (Fsp3) is 0.462. The molecule has 16 heavy (non-hydrogen) atoms. The van der Waals surface area contributed by atoms with Gasteiger partial charge in [0.05, 0.1) is 12.6 Å². The molecule has 1 aromatic carbocycles. The van der Waals surface area contributed by atoms with Gasteiger partial charge in [0.15, 0.2) is 0 Å². The SMILES string of the molecule is CC(=O)N1C[C@@H](C)O[C@H](c2ccccc2)C1. The highest BCUT2D eigenvalue weighted by molar-refractivity contribution is 5.73. The second-order valence-electron chi connectivity index (χ2n) is 4.27. The molecule has 0 aromatic heterocycles. The average molecular weight is 219 g/mol. The standard InChI is InChI=1S/C13H17NO2/c1-10-8-14(11(2)15)9-13(16-10)12-6-4-3-5-7-12/h3-7,10,13H,8-9H2,1-2H3/t10-,13+/m1/s1. The maximum atomic E-state index is 11.4. The van der Waals surface area contributed by atoms with E-state index in [1.807, 2.05) is 42.2 Å². The van der Waals surface area contributed by atoms with Crippen molar-refractivity contribution in [2.75, 3.05) is 13.1 Å². The van der Waals surface area contributed by atoms with Gasteiger partial charge in [0.1, 0.15) is 6.10 Å². The minimum Gasteiger partial charge on any atom is -0.367 e. The third-order valence-electron chi connectivity index (χ3n) is 2.88. The van der Waals surface area contributed by atoms with Gasteiger partial charge in [0.25, 0.3) is 0 Å². The van der Waals surface area contributed by atoms with E-state index in [4.69, 9.17) is 4.74 Å².